The molecule has 1 rings (SSSR count). The van der Waals surface area contributed by atoms with Crippen LogP contribution in [0.2, 0.25) is 0 Å². The maximum atomic E-state index is 5.73. The Hall–Kier alpha value is -0.980. The Kier molecular flexibility index (Phi) is 4.19. The van der Waals surface area contributed by atoms with E-state index in [-0.39, 0.29) is 0 Å². The van der Waals surface area contributed by atoms with E-state index in [2.05, 4.69) is 52.8 Å². The largest absolute Gasteiger partial charge is 0.493 e. The molecule has 0 unspecified atom stereocenters. The smallest absolute Gasteiger partial charge is 0.122 e. The van der Waals surface area contributed by atoms with Gasteiger partial charge in [-0.1, -0.05) is 39.8 Å². The molecule has 0 aromatic heterocycles. The van der Waals surface area contributed by atoms with Gasteiger partial charge in [-0.3, -0.25) is 0 Å². The van der Waals surface area contributed by atoms with Crippen molar-refractivity contribution >= 4 is 0 Å². The van der Waals surface area contributed by atoms with Crippen molar-refractivity contribution < 1.29 is 4.74 Å². The van der Waals surface area contributed by atoms with E-state index in [0.717, 1.165) is 12.4 Å². The summed E-state index contributed by atoms with van der Waals surface area (Å²) in [5.74, 6) is 2.19. The molecule has 0 atom stereocenters. The lowest BCUT2D eigenvalue weighted by Gasteiger charge is -2.13. The molecule has 0 N–H and O–H groups in total. The number of rotatable bonds is 4. The van der Waals surface area contributed by atoms with E-state index >= 15 is 0 Å². The first-order valence-corrected chi connectivity index (χ1v) is 5.74. The predicted molar refractivity (Wildman–Crippen MR) is 65.6 cm³/mol. The van der Waals surface area contributed by atoms with Crippen LogP contribution in [0.3, 0.4) is 0 Å². The van der Waals surface area contributed by atoms with Crippen molar-refractivity contribution in [3.8, 4) is 5.75 Å². The van der Waals surface area contributed by atoms with Crippen LogP contribution in [0.4, 0.5) is 0 Å². The van der Waals surface area contributed by atoms with Crippen LogP contribution in [0.25, 0.3) is 0 Å². The van der Waals surface area contributed by atoms with E-state index in [9.17, 15) is 0 Å². The summed E-state index contributed by atoms with van der Waals surface area (Å²) in [6.45, 7) is 11.7. The number of benzene rings is 1. The van der Waals surface area contributed by atoms with Crippen molar-refractivity contribution in [3.05, 3.63) is 29.3 Å². The maximum absolute atomic E-state index is 5.73. The quantitative estimate of drug-likeness (QED) is 0.719. The van der Waals surface area contributed by atoms with Crippen LogP contribution in [-0.2, 0) is 0 Å². The Morgan fingerprint density at radius 1 is 1.13 bits per heavy atom. The standard InChI is InChI=1S/C14H22O/c1-10(2)9-15-14-7-6-13(11(3)4)8-12(14)5/h6-8,10-11H,9H2,1-5H3. The van der Waals surface area contributed by atoms with E-state index in [4.69, 9.17) is 4.74 Å². The average Bonchev–Trinajstić information content (AvgIpc) is 2.15. The highest BCUT2D eigenvalue weighted by Gasteiger charge is 2.04. The second-order valence-electron chi connectivity index (χ2n) is 4.88. The predicted octanol–water partition coefficient (Wildman–Crippen LogP) is 4.15. The molecule has 0 aliphatic carbocycles. The molecule has 0 bridgehead atoms. The van der Waals surface area contributed by atoms with Gasteiger partial charge in [0.15, 0.2) is 0 Å². The van der Waals surface area contributed by atoms with Gasteiger partial charge in [0, 0.05) is 0 Å². The number of hydrogen-bond acceptors (Lipinski definition) is 1. The van der Waals surface area contributed by atoms with E-state index in [1.807, 2.05) is 0 Å². The second kappa shape index (κ2) is 5.20. The van der Waals surface area contributed by atoms with Crippen LogP contribution >= 0.6 is 0 Å². The Labute approximate surface area is 93.5 Å². The van der Waals surface area contributed by atoms with Crippen LogP contribution in [-0.4, -0.2) is 6.61 Å². The first kappa shape index (κ1) is 12.1. The van der Waals surface area contributed by atoms with Gasteiger partial charge in [-0.15, -0.1) is 0 Å². The minimum atomic E-state index is 0.578. The van der Waals surface area contributed by atoms with Gasteiger partial charge < -0.3 is 4.74 Å². The molecule has 1 aromatic carbocycles. The second-order valence-corrected chi connectivity index (χ2v) is 4.88. The molecule has 15 heavy (non-hydrogen) atoms. The van der Waals surface area contributed by atoms with E-state index in [0.29, 0.717) is 11.8 Å². The summed E-state index contributed by atoms with van der Waals surface area (Å²) in [6.07, 6.45) is 0. The third kappa shape index (κ3) is 3.58. The molecule has 0 aliphatic heterocycles. The number of ether oxygens (including phenoxy) is 1. The minimum absolute atomic E-state index is 0.578. The van der Waals surface area contributed by atoms with Gasteiger partial charge in [-0.05, 0) is 36.0 Å². The van der Waals surface area contributed by atoms with Gasteiger partial charge in [-0.25, -0.2) is 0 Å². The lowest BCUT2D eigenvalue weighted by molar-refractivity contribution is 0.269. The lowest BCUT2D eigenvalue weighted by Crippen LogP contribution is -2.05. The first-order chi connectivity index (χ1) is 7.00. The fraction of sp³-hybridized carbons (Fsp3) is 0.571. The first-order valence-electron chi connectivity index (χ1n) is 5.74. The van der Waals surface area contributed by atoms with E-state index in [1.165, 1.54) is 11.1 Å². The molecule has 0 aliphatic rings. The van der Waals surface area contributed by atoms with E-state index < -0.39 is 0 Å². The summed E-state index contributed by atoms with van der Waals surface area (Å²) in [5, 5.41) is 0. The van der Waals surface area contributed by atoms with Crippen molar-refractivity contribution in [2.24, 2.45) is 5.92 Å². The van der Waals surface area contributed by atoms with Gasteiger partial charge in [0.1, 0.15) is 5.75 Å². The van der Waals surface area contributed by atoms with Crippen molar-refractivity contribution in [1.29, 1.82) is 0 Å². The van der Waals surface area contributed by atoms with Crippen LogP contribution < -0.4 is 4.74 Å². The molecule has 0 radical (unpaired) electrons. The zero-order valence-corrected chi connectivity index (χ0v) is 10.5. The molecular weight excluding hydrogens is 184 g/mol. The van der Waals surface area contributed by atoms with Crippen LogP contribution in [0.15, 0.2) is 18.2 Å². The summed E-state index contributed by atoms with van der Waals surface area (Å²) in [6, 6.07) is 6.47. The van der Waals surface area contributed by atoms with Crippen molar-refractivity contribution in [3.63, 3.8) is 0 Å². The summed E-state index contributed by atoms with van der Waals surface area (Å²) in [7, 11) is 0. The topological polar surface area (TPSA) is 9.23 Å². The molecule has 1 aromatic rings. The highest BCUT2D eigenvalue weighted by atomic mass is 16.5. The molecule has 1 nitrogen and oxygen atoms in total. The summed E-state index contributed by atoms with van der Waals surface area (Å²) >= 11 is 0. The zero-order chi connectivity index (χ0) is 11.4. The molecule has 84 valence electrons. The highest BCUT2D eigenvalue weighted by Crippen LogP contribution is 2.23. The van der Waals surface area contributed by atoms with E-state index in [1.54, 1.807) is 0 Å². The van der Waals surface area contributed by atoms with Gasteiger partial charge >= 0.3 is 0 Å². The Morgan fingerprint density at radius 2 is 1.80 bits per heavy atom. The average molecular weight is 206 g/mol. The highest BCUT2D eigenvalue weighted by molar-refractivity contribution is 5.37. The zero-order valence-electron chi connectivity index (χ0n) is 10.5. The van der Waals surface area contributed by atoms with Crippen molar-refractivity contribution in [2.75, 3.05) is 6.61 Å². The van der Waals surface area contributed by atoms with Crippen molar-refractivity contribution in [1.82, 2.24) is 0 Å². The van der Waals surface area contributed by atoms with Gasteiger partial charge in [0.2, 0.25) is 0 Å². The van der Waals surface area contributed by atoms with Crippen LogP contribution in [0, 0.1) is 12.8 Å². The lowest BCUT2D eigenvalue weighted by atomic mass is 10.0. The van der Waals surface area contributed by atoms with Crippen molar-refractivity contribution in [2.45, 2.75) is 40.5 Å². The number of aryl methyl sites for hydroxylation is 1. The fourth-order valence-corrected chi connectivity index (χ4v) is 1.45. The molecule has 0 spiro atoms. The van der Waals surface area contributed by atoms with Gasteiger partial charge in [0.25, 0.3) is 0 Å². The molecule has 0 heterocycles. The summed E-state index contributed by atoms with van der Waals surface area (Å²) < 4.78 is 5.73. The fourth-order valence-electron chi connectivity index (χ4n) is 1.45. The monoisotopic (exact) mass is 206 g/mol. The molecular formula is C14H22O. The molecule has 0 fully saturated rings. The van der Waals surface area contributed by atoms with Crippen LogP contribution in [0.1, 0.15) is 44.7 Å². The minimum Gasteiger partial charge on any atom is -0.493 e. The Balaban J connectivity index is 2.75. The van der Waals surface area contributed by atoms with Gasteiger partial charge in [-0.2, -0.15) is 0 Å². The summed E-state index contributed by atoms with van der Waals surface area (Å²) in [4.78, 5) is 0. The summed E-state index contributed by atoms with van der Waals surface area (Å²) in [5.41, 5.74) is 2.62. The normalized spacial score (nSPS) is 11.1. The molecule has 0 amide bonds. The van der Waals surface area contributed by atoms with Gasteiger partial charge in [0.05, 0.1) is 6.61 Å². The number of hydrogen-bond donors (Lipinski definition) is 0. The SMILES string of the molecule is Cc1cc(C(C)C)ccc1OCC(C)C. The Bertz CT molecular complexity index is 313. The van der Waals surface area contributed by atoms with Crippen LogP contribution in [0.5, 0.6) is 5.75 Å². The molecule has 0 saturated heterocycles. The molecule has 0 saturated carbocycles. The molecule has 1 heteroatoms. The Morgan fingerprint density at radius 3 is 2.27 bits per heavy atom. The maximum Gasteiger partial charge on any atom is 0.122 e. The third-order valence-electron chi connectivity index (χ3n) is 2.44. The third-order valence-corrected chi connectivity index (χ3v) is 2.44.